The van der Waals surface area contributed by atoms with E-state index in [0.29, 0.717) is 18.7 Å². The second kappa shape index (κ2) is 7.06. The zero-order chi connectivity index (χ0) is 14.4. The molecule has 2 rings (SSSR count). The Balaban J connectivity index is 2.05. The SMILES string of the molecule is CCN(CCc1ccccc1)C(=O)c1cccnc1Cl. The lowest BCUT2D eigenvalue weighted by molar-refractivity contribution is 0.0766. The highest BCUT2D eigenvalue weighted by atomic mass is 35.5. The molecule has 0 fully saturated rings. The van der Waals surface area contributed by atoms with Crippen LogP contribution in [-0.2, 0) is 6.42 Å². The number of carbonyl (C=O) groups excluding carboxylic acids is 1. The lowest BCUT2D eigenvalue weighted by Gasteiger charge is -2.21. The smallest absolute Gasteiger partial charge is 0.256 e. The van der Waals surface area contributed by atoms with Gasteiger partial charge < -0.3 is 4.90 Å². The minimum absolute atomic E-state index is 0.0680. The molecule has 1 heterocycles. The van der Waals surface area contributed by atoms with Crippen LogP contribution in [0.4, 0.5) is 0 Å². The summed E-state index contributed by atoms with van der Waals surface area (Å²) in [6.45, 7) is 3.29. The molecule has 0 spiro atoms. The number of pyridine rings is 1. The van der Waals surface area contributed by atoms with E-state index in [1.54, 1.807) is 23.2 Å². The van der Waals surface area contributed by atoms with Crippen molar-refractivity contribution in [2.75, 3.05) is 13.1 Å². The Morgan fingerprint density at radius 2 is 1.95 bits per heavy atom. The molecule has 0 atom stereocenters. The summed E-state index contributed by atoms with van der Waals surface area (Å²) in [4.78, 5) is 18.2. The molecule has 0 aliphatic heterocycles. The van der Waals surface area contributed by atoms with Gasteiger partial charge in [-0.05, 0) is 31.0 Å². The summed E-state index contributed by atoms with van der Waals surface area (Å²) in [5.41, 5.74) is 1.68. The van der Waals surface area contributed by atoms with E-state index in [0.717, 1.165) is 6.42 Å². The number of benzene rings is 1. The van der Waals surface area contributed by atoms with Crippen LogP contribution in [0.15, 0.2) is 48.7 Å². The van der Waals surface area contributed by atoms with Gasteiger partial charge in [-0.15, -0.1) is 0 Å². The number of likely N-dealkylation sites (N-methyl/N-ethyl adjacent to an activating group) is 1. The summed E-state index contributed by atoms with van der Waals surface area (Å²) in [5.74, 6) is -0.0680. The van der Waals surface area contributed by atoms with Crippen molar-refractivity contribution < 1.29 is 4.79 Å². The Hall–Kier alpha value is -1.87. The predicted octanol–water partition coefficient (Wildman–Crippen LogP) is 3.44. The first-order valence-corrected chi connectivity index (χ1v) is 7.04. The highest BCUT2D eigenvalue weighted by Crippen LogP contribution is 2.14. The van der Waals surface area contributed by atoms with Crippen molar-refractivity contribution in [2.45, 2.75) is 13.3 Å². The standard InChI is InChI=1S/C16H17ClN2O/c1-2-19(12-10-13-7-4-3-5-8-13)16(20)14-9-6-11-18-15(14)17/h3-9,11H,2,10,12H2,1H3. The molecular formula is C16H17ClN2O. The number of carbonyl (C=O) groups is 1. The first kappa shape index (κ1) is 14.5. The number of halogens is 1. The second-order valence-corrected chi connectivity index (χ2v) is 4.82. The third-order valence-corrected chi connectivity index (χ3v) is 3.47. The molecule has 104 valence electrons. The molecule has 0 radical (unpaired) electrons. The summed E-state index contributed by atoms with van der Waals surface area (Å²) < 4.78 is 0. The van der Waals surface area contributed by atoms with Crippen molar-refractivity contribution in [1.82, 2.24) is 9.88 Å². The predicted molar refractivity (Wildman–Crippen MR) is 81.0 cm³/mol. The number of rotatable bonds is 5. The zero-order valence-corrected chi connectivity index (χ0v) is 12.2. The molecular weight excluding hydrogens is 272 g/mol. The molecule has 2 aromatic rings. The van der Waals surface area contributed by atoms with Gasteiger partial charge in [-0.25, -0.2) is 4.98 Å². The molecule has 20 heavy (non-hydrogen) atoms. The van der Waals surface area contributed by atoms with Crippen molar-refractivity contribution in [3.05, 3.63) is 64.9 Å². The first-order valence-electron chi connectivity index (χ1n) is 6.66. The molecule has 4 heteroatoms. The van der Waals surface area contributed by atoms with E-state index in [1.165, 1.54) is 5.56 Å². The number of hydrogen-bond acceptors (Lipinski definition) is 2. The van der Waals surface area contributed by atoms with Crippen LogP contribution in [0.25, 0.3) is 0 Å². The van der Waals surface area contributed by atoms with E-state index in [2.05, 4.69) is 17.1 Å². The van der Waals surface area contributed by atoms with Crippen molar-refractivity contribution in [3.8, 4) is 0 Å². The van der Waals surface area contributed by atoms with Gasteiger partial charge in [-0.1, -0.05) is 41.9 Å². The molecule has 0 saturated heterocycles. The third kappa shape index (κ3) is 3.58. The van der Waals surface area contributed by atoms with E-state index in [9.17, 15) is 4.79 Å². The van der Waals surface area contributed by atoms with Crippen molar-refractivity contribution >= 4 is 17.5 Å². The van der Waals surface area contributed by atoms with Gasteiger partial charge in [0.05, 0.1) is 5.56 Å². The van der Waals surface area contributed by atoms with E-state index >= 15 is 0 Å². The maximum atomic E-state index is 12.4. The molecule has 0 aliphatic rings. The minimum Gasteiger partial charge on any atom is -0.338 e. The number of amides is 1. The van der Waals surface area contributed by atoms with Gasteiger partial charge in [-0.2, -0.15) is 0 Å². The second-order valence-electron chi connectivity index (χ2n) is 4.46. The molecule has 0 N–H and O–H groups in total. The normalized spacial score (nSPS) is 10.3. The Labute approximate surface area is 124 Å². The highest BCUT2D eigenvalue weighted by Gasteiger charge is 2.17. The summed E-state index contributed by atoms with van der Waals surface area (Å²) >= 11 is 5.98. The fourth-order valence-corrected chi connectivity index (χ4v) is 2.23. The molecule has 0 saturated carbocycles. The highest BCUT2D eigenvalue weighted by molar-refractivity contribution is 6.32. The van der Waals surface area contributed by atoms with Gasteiger partial charge in [-0.3, -0.25) is 4.79 Å². The fourth-order valence-electron chi connectivity index (χ4n) is 2.03. The van der Waals surface area contributed by atoms with Crippen LogP contribution in [-0.4, -0.2) is 28.9 Å². The summed E-state index contributed by atoms with van der Waals surface area (Å²) in [6.07, 6.45) is 2.41. The van der Waals surface area contributed by atoms with Crippen molar-refractivity contribution in [3.63, 3.8) is 0 Å². The topological polar surface area (TPSA) is 33.2 Å². The van der Waals surface area contributed by atoms with Crippen LogP contribution in [0, 0.1) is 0 Å². The quantitative estimate of drug-likeness (QED) is 0.790. The van der Waals surface area contributed by atoms with E-state index < -0.39 is 0 Å². The van der Waals surface area contributed by atoms with Crippen LogP contribution < -0.4 is 0 Å². The van der Waals surface area contributed by atoms with E-state index in [-0.39, 0.29) is 11.1 Å². The minimum atomic E-state index is -0.0680. The van der Waals surface area contributed by atoms with Gasteiger partial charge in [0.1, 0.15) is 5.15 Å². The fraction of sp³-hybridized carbons (Fsp3) is 0.250. The Morgan fingerprint density at radius 3 is 2.60 bits per heavy atom. The molecule has 1 aromatic carbocycles. The Kier molecular flexibility index (Phi) is 5.13. The van der Waals surface area contributed by atoms with E-state index in [4.69, 9.17) is 11.6 Å². The maximum Gasteiger partial charge on any atom is 0.256 e. The zero-order valence-electron chi connectivity index (χ0n) is 11.4. The van der Waals surface area contributed by atoms with E-state index in [1.807, 2.05) is 25.1 Å². The monoisotopic (exact) mass is 288 g/mol. The number of aromatic nitrogens is 1. The van der Waals surface area contributed by atoms with Gasteiger partial charge >= 0.3 is 0 Å². The van der Waals surface area contributed by atoms with Crippen molar-refractivity contribution in [1.29, 1.82) is 0 Å². The molecule has 1 amide bonds. The third-order valence-electron chi connectivity index (χ3n) is 3.17. The van der Waals surface area contributed by atoms with Gasteiger partial charge in [0.15, 0.2) is 0 Å². The summed E-state index contributed by atoms with van der Waals surface area (Å²) in [6, 6.07) is 13.6. The van der Waals surface area contributed by atoms with Gasteiger partial charge in [0.25, 0.3) is 5.91 Å². The average molecular weight is 289 g/mol. The van der Waals surface area contributed by atoms with Crippen LogP contribution in [0.3, 0.4) is 0 Å². The number of nitrogens with zero attached hydrogens (tertiary/aromatic N) is 2. The molecule has 0 aliphatic carbocycles. The largest absolute Gasteiger partial charge is 0.338 e. The Bertz CT molecular complexity index is 572. The van der Waals surface area contributed by atoms with Gasteiger partial charge in [0.2, 0.25) is 0 Å². The van der Waals surface area contributed by atoms with Crippen molar-refractivity contribution in [2.24, 2.45) is 0 Å². The summed E-state index contributed by atoms with van der Waals surface area (Å²) in [5, 5.41) is 0.260. The first-order chi connectivity index (χ1) is 9.72. The van der Waals surface area contributed by atoms with Crippen LogP contribution in [0.2, 0.25) is 5.15 Å². The lowest BCUT2D eigenvalue weighted by atomic mass is 10.1. The molecule has 3 nitrogen and oxygen atoms in total. The average Bonchev–Trinajstić information content (AvgIpc) is 2.49. The molecule has 1 aromatic heterocycles. The van der Waals surface area contributed by atoms with Crippen LogP contribution in [0.5, 0.6) is 0 Å². The van der Waals surface area contributed by atoms with Crippen LogP contribution in [0.1, 0.15) is 22.8 Å². The number of hydrogen-bond donors (Lipinski definition) is 0. The maximum absolute atomic E-state index is 12.4. The van der Waals surface area contributed by atoms with Crippen LogP contribution >= 0.6 is 11.6 Å². The summed E-state index contributed by atoms with van der Waals surface area (Å²) in [7, 11) is 0. The Morgan fingerprint density at radius 1 is 1.20 bits per heavy atom. The molecule has 0 unspecified atom stereocenters. The molecule has 0 bridgehead atoms. The van der Waals surface area contributed by atoms with Gasteiger partial charge in [0, 0.05) is 19.3 Å². The lowest BCUT2D eigenvalue weighted by Crippen LogP contribution is -2.33.